The minimum absolute atomic E-state index is 0.00343. The van der Waals surface area contributed by atoms with E-state index < -0.39 is 18.3 Å². The SMILES string of the molecule is Cc1nc(Sc2ccc(CO)cc2C(F)(F)F)n[nH]1. The van der Waals surface area contributed by atoms with E-state index in [2.05, 4.69) is 15.2 Å². The van der Waals surface area contributed by atoms with E-state index >= 15 is 0 Å². The molecule has 0 atom stereocenters. The Hall–Kier alpha value is -1.54. The Morgan fingerprint density at radius 1 is 1.37 bits per heavy atom. The van der Waals surface area contributed by atoms with Gasteiger partial charge in [-0.05, 0) is 36.4 Å². The molecular weight excluding hydrogens is 279 g/mol. The molecule has 102 valence electrons. The molecule has 1 heterocycles. The quantitative estimate of drug-likeness (QED) is 0.912. The summed E-state index contributed by atoms with van der Waals surface area (Å²) in [6.07, 6.45) is -4.49. The minimum atomic E-state index is -4.49. The Balaban J connectivity index is 2.39. The van der Waals surface area contributed by atoms with Crippen molar-refractivity contribution in [3.63, 3.8) is 0 Å². The number of H-pyrrole nitrogens is 1. The summed E-state index contributed by atoms with van der Waals surface area (Å²) >= 11 is 0.826. The summed E-state index contributed by atoms with van der Waals surface area (Å²) in [6.45, 7) is 1.23. The van der Waals surface area contributed by atoms with Crippen molar-refractivity contribution >= 4 is 11.8 Å². The predicted molar refractivity (Wildman–Crippen MR) is 62.6 cm³/mol. The van der Waals surface area contributed by atoms with E-state index in [4.69, 9.17) is 5.11 Å². The van der Waals surface area contributed by atoms with Gasteiger partial charge in [0.05, 0.1) is 12.2 Å². The number of nitrogens with zero attached hydrogens (tertiary/aromatic N) is 2. The van der Waals surface area contributed by atoms with Crippen molar-refractivity contribution in [1.82, 2.24) is 15.2 Å². The Morgan fingerprint density at radius 3 is 2.63 bits per heavy atom. The average molecular weight is 289 g/mol. The first kappa shape index (κ1) is 13.9. The third kappa shape index (κ3) is 3.27. The van der Waals surface area contributed by atoms with E-state index in [9.17, 15) is 13.2 Å². The number of hydrogen-bond acceptors (Lipinski definition) is 4. The lowest BCUT2D eigenvalue weighted by molar-refractivity contribution is -0.139. The van der Waals surface area contributed by atoms with E-state index in [-0.39, 0.29) is 15.6 Å². The van der Waals surface area contributed by atoms with Crippen molar-refractivity contribution in [2.24, 2.45) is 0 Å². The third-order valence-corrected chi connectivity index (χ3v) is 3.25. The first-order valence-electron chi connectivity index (χ1n) is 5.28. The fourth-order valence-electron chi connectivity index (χ4n) is 1.45. The number of alkyl halides is 3. The molecule has 0 fully saturated rings. The van der Waals surface area contributed by atoms with Gasteiger partial charge in [0.25, 0.3) is 0 Å². The van der Waals surface area contributed by atoms with E-state index in [0.717, 1.165) is 17.8 Å². The lowest BCUT2D eigenvalue weighted by Gasteiger charge is -2.12. The van der Waals surface area contributed by atoms with Crippen LogP contribution in [0.4, 0.5) is 13.2 Å². The molecule has 2 N–H and O–H groups in total. The van der Waals surface area contributed by atoms with Crippen molar-refractivity contribution in [2.45, 2.75) is 29.8 Å². The molecule has 19 heavy (non-hydrogen) atoms. The number of nitrogens with one attached hydrogen (secondary N) is 1. The highest BCUT2D eigenvalue weighted by molar-refractivity contribution is 7.99. The summed E-state index contributed by atoms with van der Waals surface area (Å²) in [4.78, 5) is 3.95. The molecule has 0 amide bonds. The van der Waals surface area contributed by atoms with Crippen molar-refractivity contribution in [2.75, 3.05) is 0 Å². The predicted octanol–water partition coefficient (Wildman–Crippen LogP) is 2.78. The lowest BCUT2D eigenvalue weighted by Crippen LogP contribution is -2.07. The van der Waals surface area contributed by atoms with Crippen LogP contribution in [-0.4, -0.2) is 20.3 Å². The van der Waals surface area contributed by atoms with Gasteiger partial charge in [0, 0.05) is 4.90 Å². The molecule has 0 radical (unpaired) electrons. The fourth-order valence-corrected chi connectivity index (χ4v) is 2.34. The summed E-state index contributed by atoms with van der Waals surface area (Å²) in [5.41, 5.74) is -0.589. The van der Waals surface area contributed by atoms with Crippen LogP contribution in [0.2, 0.25) is 0 Å². The molecule has 2 aromatic rings. The molecule has 4 nitrogen and oxygen atoms in total. The van der Waals surface area contributed by atoms with Gasteiger partial charge in [0.2, 0.25) is 5.16 Å². The summed E-state index contributed by atoms with van der Waals surface area (Å²) < 4.78 is 38.8. The van der Waals surface area contributed by atoms with Crippen LogP contribution in [-0.2, 0) is 12.8 Å². The van der Waals surface area contributed by atoms with Crippen LogP contribution >= 0.6 is 11.8 Å². The maximum Gasteiger partial charge on any atom is 0.417 e. The van der Waals surface area contributed by atoms with Crippen molar-refractivity contribution in [3.05, 3.63) is 35.2 Å². The molecule has 0 aliphatic heterocycles. The van der Waals surface area contributed by atoms with Crippen LogP contribution in [0.25, 0.3) is 0 Å². The molecule has 0 unspecified atom stereocenters. The minimum Gasteiger partial charge on any atom is -0.392 e. The number of aliphatic hydroxyl groups is 1. The van der Waals surface area contributed by atoms with Crippen molar-refractivity contribution < 1.29 is 18.3 Å². The van der Waals surface area contributed by atoms with Crippen LogP contribution in [0, 0.1) is 6.92 Å². The molecule has 1 aromatic carbocycles. The monoisotopic (exact) mass is 289 g/mol. The average Bonchev–Trinajstić information content (AvgIpc) is 2.74. The summed E-state index contributed by atoms with van der Waals surface area (Å²) in [7, 11) is 0. The zero-order valence-electron chi connectivity index (χ0n) is 9.82. The number of aromatic nitrogens is 3. The van der Waals surface area contributed by atoms with Gasteiger partial charge in [0.1, 0.15) is 5.82 Å². The van der Waals surface area contributed by atoms with E-state index in [1.807, 2.05) is 0 Å². The Kier molecular flexibility index (Phi) is 3.81. The highest BCUT2D eigenvalue weighted by Gasteiger charge is 2.34. The molecule has 0 spiro atoms. The van der Waals surface area contributed by atoms with Crippen LogP contribution in [0.5, 0.6) is 0 Å². The van der Waals surface area contributed by atoms with Crippen LogP contribution in [0.15, 0.2) is 28.3 Å². The zero-order valence-corrected chi connectivity index (χ0v) is 10.6. The number of halogens is 3. The van der Waals surface area contributed by atoms with E-state index in [1.54, 1.807) is 6.92 Å². The number of hydrogen-bond donors (Lipinski definition) is 2. The summed E-state index contributed by atoms with van der Waals surface area (Å²) in [5.74, 6) is 0.531. The van der Waals surface area contributed by atoms with Crippen molar-refractivity contribution in [1.29, 1.82) is 0 Å². The molecule has 8 heteroatoms. The van der Waals surface area contributed by atoms with Gasteiger partial charge in [-0.15, -0.1) is 5.10 Å². The molecule has 0 aliphatic carbocycles. The van der Waals surface area contributed by atoms with Crippen LogP contribution in [0.3, 0.4) is 0 Å². The zero-order chi connectivity index (χ0) is 14.0. The van der Waals surface area contributed by atoms with Gasteiger partial charge in [-0.2, -0.15) is 13.2 Å². The molecule has 2 rings (SSSR count). The van der Waals surface area contributed by atoms with Gasteiger partial charge in [-0.3, -0.25) is 5.10 Å². The second-order valence-corrected chi connectivity index (χ2v) is 4.80. The largest absolute Gasteiger partial charge is 0.417 e. The Morgan fingerprint density at radius 2 is 2.11 bits per heavy atom. The number of benzene rings is 1. The van der Waals surface area contributed by atoms with Gasteiger partial charge >= 0.3 is 6.18 Å². The number of aromatic amines is 1. The number of aliphatic hydroxyl groups excluding tert-OH is 1. The van der Waals surface area contributed by atoms with E-state index in [1.165, 1.54) is 12.1 Å². The topological polar surface area (TPSA) is 61.8 Å². The molecule has 0 saturated heterocycles. The van der Waals surface area contributed by atoms with Crippen LogP contribution < -0.4 is 0 Å². The second kappa shape index (κ2) is 5.22. The van der Waals surface area contributed by atoms with Gasteiger partial charge in [-0.1, -0.05) is 6.07 Å². The van der Waals surface area contributed by atoms with Gasteiger partial charge in [-0.25, -0.2) is 4.98 Å². The smallest absolute Gasteiger partial charge is 0.392 e. The third-order valence-electron chi connectivity index (χ3n) is 2.31. The molecule has 0 saturated carbocycles. The normalized spacial score (nSPS) is 11.8. The highest BCUT2D eigenvalue weighted by atomic mass is 32.2. The summed E-state index contributed by atoms with van der Waals surface area (Å²) in [6, 6.07) is 3.68. The maximum absolute atomic E-state index is 12.9. The number of aryl methyl sites for hydroxylation is 1. The Bertz CT molecular complexity index is 583. The van der Waals surface area contributed by atoms with Gasteiger partial charge in [0.15, 0.2) is 0 Å². The molecular formula is C11H10F3N3OS. The molecule has 0 aliphatic rings. The van der Waals surface area contributed by atoms with E-state index in [0.29, 0.717) is 5.82 Å². The second-order valence-electron chi connectivity index (χ2n) is 3.79. The van der Waals surface area contributed by atoms with Crippen LogP contribution in [0.1, 0.15) is 17.0 Å². The molecule has 0 bridgehead atoms. The first-order chi connectivity index (χ1) is 8.90. The molecule has 1 aromatic heterocycles. The highest BCUT2D eigenvalue weighted by Crippen LogP contribution is 2.39. The summed E-state index contributed by atoms with van der Waals surface area (Å²) in [5, 5.41) is 15.5. The number of rotatable bonds is 3. The Labute approximate surface area is 111 Å². The maximum atomic E-state index is 12.9. The first-order valence-corrected chi connectivity index (χ1v) is 6.09. The standard InChI is InChI=1S/C11H10F3N3OS/c1-6-15-10(17-16-6)19-9-3-2-7(5-18)4-8(9)11(12,13)14/h2-4,18H,5H2,1H3,(H,15,16,17). The van der Waals surface area contributed by atoms with Gasteiger partial charge < -0.3 is 5.11 Å². The fraction of sp³-hybridized carbons (Fsp3) is 0.273. The lowest BCUT2D eigenvalue weighted by atomic mass is 10.1. The van der Waals surface area contributed by atoms with Crippen molar-refractivity contribution in [3.8, 4) is 0 Å².